The van der Waals surface area contributed by atoms with Crippen molar-refractivity contribution in [1.82, 2.24) is 9.29 Å². The molecule has 1 aromatic carbocycles. The molecule has 1 aliphatic rings. The van der Waals surface area contributed by atoms with Gasteiger partial charge in [0, 0.05) is 30.2 Å². The molecule has 0 aliphatic carbocycles. The van der Waals surface area contributed by atoms with E-state index in [1.807, 2.05) is 12.1 Å². The fraction of sp³-hybridized carbons (Fsp3) is 0.652. The van der Waals surface area contributed by atoms with Crippen LogP contribution in [0.15, 0.2) is 24.4 Å². The van der Waals surface area contributed by atoms with E-state index in [-0.39, 0.29) is 5.75 Å². The van der Waals surface area contributed by atoms with Crippen LogP contribution in [0.2, 0.25) is 0 Å². The minimum atomic E-state index is -3.20. The summed E-state index contributed by atoms with van der Waals surface area (Å²) in [6, 6.07) is 6.08. The van der Waals surface area contributed by atoms with Gasteiger partial charge in [0.25, 0.3) is 0 Å². The molecule has 3 rings (SSSR count). The molecule has 1 unspecified atom stereocenters. The zero-order valence-electron chi connectivity index (χ0n) is 17.5. The molecule has 1 saturated heterocycles. The molecule has 2 aromatic rings. The van der Waals surface area contributed by atoms with Crippen LogP contribution in [-0.2, 0) is 15.8 Å². The number of fused-ring (bicyclic) bond motifs is 1. The number of aromatic amines is 1. The molecule has 5 heteroatoms. The molecule has 28 heavy (non-hydrogen) atoms. The fourth-order valence-electron chi connectivity index (χ4n) is 4.34. The molecule has 4 nitrogen and oxygen atoms in total. The zero-order valence-corrected chi connectivity index (χ0v) is 18.4. The summed E-state index contributed by atoms with van der Waals surface area (Å²) in [5.41, 5.74) is 3.32. The van der Waals surface area contributed by atoms with E-state index in [4.69, 9.17) is 0 Å². The summed E-state index contributed by atoms with van der Waals surface area (Å²) in [4.78, 5) is 3.37. The normalized spacial score (nSPS) is 16.8. The quantitative estimate of drug-likeness (QED) is 0.471. The van der Waals surface area contributed by atoms with Crippen LogP contribution < -0.4 is 0 Å². The van der Waals surface area contributed by atoms with E-state index in [9.17, 15) is 8.42 Å². The Kier molecular flexibility index (Phi) is 7.58. The Bertz CT molecular complexity index is 851. The van der Waals surface area contributed by atoms with E-state index < -0.39 is 10.0 Å². The lowest BCUT2D eigenvalue weighted by atomic mass is 9.94. The van der Waals surface area contributed by atoms with Gasteiger partial charge in [-0.2, -0.15) is 0 Å². The van der Waals surface area contributed by atoms with E-state index in [1.165, 1.54) is 55.9 Å². The second kappa shape index (κ2) is 9.93. The zero-order chi connectivity index (χ0) is 20.0. The van der Waals surface area contributed by atoms with Gasteiger partial charge in [0.2, 0.25) is 10.0 Å². The first-order valence-corrected chi connectivity index (χ1v) is 12.7. The molecule has 1 atom stereocenters. The topological polar surface area (TPSA) is 53.2 Å². The van der Waals surface area contributed by atoms with Gasteiger partial charge in [-0.15, -0.1) is 0 Å². The third kappa shape index (κ3) is 5.38. The Morgan fingerprint density at radius 3 is 2.54 bits per heavy atom. The van der Waals surface area contributed by atoms with Crippen LogP contribution in [-0.4, -0.2) is 30.8 Å². The number of benzene rings is 1. The van der Waals surface area contributed by atoms with E-state index in [0.29, 0.717) is 19.0 Å². The Morgan fingerprint density at radius 2 is 1.79 bits per heavy atom. The highest BCUT2D eigenvalue weighted by molar-refractivity contribution is 7.88. The first-order chi connectivity index (χ1) is 13.5. The maximum atomic E-state index is 12.7. The minimum Gasteiger partial charge on any atom is -0.361 e. The molecule has 0 bridgehead atoms. The number of H-pyrrole nitrogens is 1. The van der Waals surface area contributed by atoms with Gasteiger partial charge in [0.05, 0.1) is 5.75 Å². The molecule has 1 N–H and O–H groups in total. The summed E-state index contributed by atoms with van der Waals surface area (Å²) >= 11 is 0. The number of unbranched alkanes of at least 4 members (excludes halogenated alkanes) is 5. The fourth-order valence-corrected chi connectivity index (χ4v) is 5.94. The largest absolute Gasteiger partial charge is 0.361 e. The van der Waals surface area contributed by atoms with Crippen molar-refractivity contribution in [2.24, 2.45) is 0 Å². The molecule has 156 valence electrons. The average molecular weight is 405 g/mol. The third-order valence-electron chi connectivity index (χ3n) is 6.11. The lowest BCUT2D eigenvalue weighted by molar-refractivity contribution is 0.476. The van der Waals surface area contributed by atoms with Gasteiger partial charge in [-0.1, -0.05) is 58.4 Å². The lowest BCUT2D eigenvalue weighted by Gasteiger charge is -2.16. The molecule has 0 saturated carbocycles. The first-order valence-electron chi connectivity index (χ1n) is 11.1. The van der Waals surface area contributed by atoms with Gasteiger partial charge in [0.15, 0.2) is 0 Å². The number of nitrogens with one attached hydrogen (secondary N) is 1. The first kappa shape index (κ1) is 21.4. The van der Waals surface area contributed by atoms with Crippen molar-refractivity contribution in [3.8, 4) is 0 Å². The second-order valence-electron chi connectivity index (χ2n) is 8.44. The average Bonchev–Trinajstić information content (AvgIpc) is 3.34. The standard InChI is InChI=1S/C23H36N2O2S/c1-3-4-5-6-7-8-11-19(2)22-17-24-23-13-12-20(16-21(22)23)18-28(26,27)25-14-9-10-15-25/h12-13,16-17,19,24H,3-11,14-15,18H2,1-2H3. The summed E-state index contributed by atoms with van der Waals surface area (Å²) in [7, 11) is -3.20. The number of rotatable bonds is 11. The summed E-state index contributed by atoms with van der Waals surface area (Å²) < 4.78 is 27.0. The van der Waals surface area contributed by atoms with Crippen LogP contribution in [0.1, 0.15) is 88.7 Å². The Labute approximate surface area is 170 Å². The summed E-state index contributed by atoms with van der Waals surface area (Å²) in [6.07, 6.45) is 13.2. The van der Waals surface area contributed by atoms with Crippen molar-refractivity contribution in [2.75, 3.05) is 13.1 Å². The van der Waals surface area contributed by atoms with E-state index in [1.54, 1.807) is 4.31 Å². The van der Waals surface area contributed by atoms with Gasteiger partial charge >= 0.3 is 0 Å². The van der Waals surface area contributed by atoms with E-state index in [2.05, 4.69) is 31.1 Å². The van der Waals surface area contributed by atoms with Crippen molar-refractivity contribution in [1.29, 1.82) is 0 Å². The smallest absolute Gasteiger partial charge is 0.218 e. The van der Waals surface area contributed by atoms with E-state index >= 15 is 0 Å². The number of hydrogen-bond acceptors (Lipinski definition) is 2. The number of nitrogens with zero attached hydrogens (tertiary/aromatic N) is 1. The summed E-state index contributed by atoms with van der Waals surface area (Å²) in [5.74, 6) is 0.602. The van der Waals surface area contributed by atoms with Gasteiger partial charge in [0.1, 0.15) is 0 Å². The van der Waals surface area contributed by atoms with E-state index in [0.717, 1.165) is 23.9 Å². The van der Waals surface area contributed by atoms with Crippen LogP contribution in [0.5, 0.6) is 0 Å². The lowest BCUT2D eigenvalue weighted by Crippen LogP contribution is -2.29. The van der Waals surface area contributed by atoms with Crippen molar-refractivity contribution in [2.45, 2.75) is 83.3 Å². The Balaban J connectivity index is 1.65. The number of aromatic nitrogens is 1. The molecule has 1 aliphatic heterocycles. The highest BCUT2D eigenvalue weighted by Crippen LogP contribution is 2.30. The molecule has 0 radical (unpaired) electrons. The van der Waals surface area contributed by atoms with Crippen molar-refractivity contribution in [3.63, 3.8) is 0 Å². The van der Waals surface area contributed by atoms with Gasteiger partial charge < -0.3 is 4.98 Å². The van der Waals surface area contributed by atoms with Crippen molar-refractivity contribution >= 4 is 20.9 Å². The number of hydrogen-bond donors (Lipinski definition) is 1. The Hall–Kier alpha value is -1.33. The van der Waals surface area contributed by atoms with Crippen molar-refractivity contribution < 1.29 is 8.42 Å². The van der Waals surface area contributed by atoms with Gasteiger partial charge in [-0.05, 0) is 48.4 Å². The second-order valence-corrected chi connectivity index (χ2v) is 10.4. The SMILES string of the molecule is CCCCCCCCC(C)c1c[nH]c2ccc(CS(=O)(=O)N3CCCC3)cc12. The molecule has 2 heterocycles. The molecule has 0 spiro atoms. The predicted molar refractivity (Wildman–Crippen MR) is 118 cm³/mol. The van der Waals surface area contributed by atoms with Crippen LogP contribution in [0.25, 0.3) is 10.9 Å². The number of sulfonamides is 1. The summed E-state index contributed by atoms with van der Waals surface area (Å²) in [5, 5.41) is 1.19. The van der Waals surface area contributed by atoms with Gasteiger partial charge in [-0.3, -0.25) is 0 Å². The predicted octanol–water partition coefficient (Wildman–Crippen LogP) is 5.95. The Morgan fingerprint density at radius 1 is 1.07 bits per heavy atom. The minimum absolute atomic E-state index is 0.110. The highest BCUT2D eigenvalue weighted by Gasteiger charge is 2.25. The van der Waals surface area contributed by atoms with Crippen LogP contribution >= 0.6 is 0 Å². The van der Waals surface area contributed by atoms with Crippen LogP contribution in [0.3, 0.4) is 0 Å². The monoisotopic (exact) mass is 404 g/mol. The van der Waals surface area contributed by atoms with Crippen LogP contribution in [0, 0.1) is 0 Å². The molecule has 1 aromatic heterocycles. The summed E-state index contributed by atoms with van der Waals surface area (Å²) in [6.45, 7) is 5.90. The molecular weight excluding hydrogens is 368 g/mol. The maximum Gasteiger partial charge on any atom is 0.218 e. The molecular formula is C23H36N2O2S. The van der Waals surface area contributed by atoms with Gasteiger partial charge in [-0.25, -0.2) is 12.7 Å². The van der Waals surface area contributed by atoms with Crippen molar-refractivity contribution in [3.05, 3.63) is 35.5 Å². The molecule has 1 fully saturated rings. The third-order valence-corrected chi connectivity index (χ3v) is 7.96. The molecule has 0 amide bonds. The van der Waals surface area contributed by atoms with Crippen LogP contribution in [0.4, 0.5) is 0 Å². The maximum absolute atomic E-state index is 12.7. The highest BCUT2D eigenvalue weighted by atomic mass is 32.2.